The summed E-state index contributed by atoms with van der Waals surface area (Å²) in [6.45, 7) is 3.54. The van der Waals surface area contributed by atoms with Gasteiger partial charge in [0.15, 0.2) is 0 Å². The van der Waals surface area contributed by atoms with Crippen molar-refractivity contribution in [2.24, 2.45) is 5.92 Å². The molecule has 2 amide bonds. The highest BCUT2D eigenvalue weighted by Gasteiger charge is 2.39. The zero-order chi connectivity index (χ0) is 26.8. The number of carbonyl (C=O) groups excluding carboxylic acids is 2. The molecule has 1 saturated carbocycles. The first-order valence-corrected chi connectivity index (χ1v) is 14.3. The molecule has 0 bridgehead atoms. The molecule has 4 aromatic rings. The minimum absolute atomic E-state index is 0.120. The number of carbonyl (C=O) groups is 2. The SMILES string of the molecule is Cc1ccc([C@@H]2c3cc(OCc4nc(C(=O)NCc5ccccc5)cs4)ccc3CCN2C(=O)C2CC2)cc1. The van der Waals surface area contributed by atoms with Gasteiger partial charge in [0.05, 0.1) is 6.04 Å². The molecule has 198 valence electrons. The molecule has 0 spiro atoms. The van der Waals surface area contributed by atoms with Crippen LogP contribution in [0.5, 0.6) is 5.75 Å². The summed E-state index contributed by atoms with van der Waals surface area (Å²) in [6, 6.07) is 24.4. The van der Waals surface area contributed by atoms with Gasteiger partial charge in [0.2, 0.25) is 5.91 Å². The third kappa shape index (κ3) is 5.73. The molecule has 2 heterocycles. The van der Waals surface area contributed by atoms with Gasteiger partial charge in [-0.1, -0.05) is 66.2 Å². The Bertz CT molecular complexity index is 1480. The largest absolute Gasteiger partial charge is 0.486 e. The first-order chi connectivity index (χ1) is 19.0. The first kappa shape index (κ1) is 25.3. The fraction of sp³-hybridized carbons (Fsp3) is 0.281. The van der Waals surface area contributed by atoms with Gasteiger partial charge in [-0.2, -0.15) is 0 Å². The highest BCUT2D eigenvalue weighted by atomic mass is 32.1. The molecule has 1 aromatic heterocycles. The Morgan fingerprint density at radius 1 is 1.05 bits per heavy atom. The number of thiazole rings is 1. The Kier molecular flexibility index (Phi) is 7.16. The second-order valence-corrected chi connectivity index (χ2v) is 11.3. The molecular weight excluding hydrogens is 506 g/mol. The van der Waals surface area contributed by atoms with Crippen LogP contribution in [0.2, 0.25) is 0 Å². The smallest absolute Gasteiger partial charge is 0.271 e. The molecule has 39 heavy (non-hydrogen) atoms. The molecule has 1 N–H and O–H groups in total. The summed E-state index contributed by atoms with van der Waals surface area (Å²) in [7, 11) is 0. The summed E-state index contributed by atoms with van der Waals surface area (Å²) < 4.78 is 6.15. The fourth-order valence-electron chi connectivity index (χ4n) is 5.09. The lowest BCUT2D eigenvalue weighted by atomic mass is 9.87. The molecule has 6 nitrogen and oxygen atoms in total. The van der Waals surface area contributed by atoms with Crippen LogP contribution < -0.4 is 10.1 Å². The molecule has 0 saturated heterocycles. The van der Waals surface area contributed by atoms with Crippen molar-refractivity contribution in [3.05, 3.63) is 117 Å². The van der Waals surface area contributed by atoms with Crippen molar-refractivity contribution in [2.45, 2.75) is 45.4 Å². The Morgan fingerprint density at radius 3 is 2.62 bits per heavy atom. The number of fused-ring (bicyclic) bond motifs is 1. The topological polar surface area (TPSA) is 71.5 Å². The van der Waals surface area contributed by atoms with Gasteiger partial charge in [-0.3, -0.25) is 9.59 Å². The maximum atomic E-state index is 13.3. The number of benzene rings is 3. The lowest BCUT2D eigenvalue weighted by Gasteiger charge is -2.38. The summed E-state index contributed by atoms with van der Waals surface area (Å²) in [6.07, 6.45) is 2.82. The van der Waals surface area contributed by atoms with Crippen molar-refractivity contribution in [3.63, 3.8) is 0 Å². The van der Waals surface area contributed by atoms with E-state index in [-0.39, 0.29) is 30.4 Å². The second kappa shape index (κ2) is 11.0. The number of nitrogens with zero attached hydrogens (tertiary/aromatic N) is 2. The van der Waals surface area contributed by atoms with E-state index in [2.05, 4.69) is 58.5 Å². The van der Waals surface area contributed by atoms with E-state index in [1.165, 1.54) is 22.5 Å². The second-order valence-electron chi connectivity index (χ2n) is 10.3. The van der Waals surface area contributed by atoms with Crippen LogP contribution in [0.3, 0.4) is 0 Å². The minimum Gasteiger partial charge on any atom is -0.486 e. The van der Waals surface area contributed by atoms with E-state index in [0.717, 1.165) is 53.3 Å². The lowest BCUT2D eigenvalue weighted by Crippen LogP contribution is -2.41. The van der Waals surface area contributed by atoms with E-state index in [1.54, 1.807) is 5.38 Å². The Labute approximate surface area is 232 Å². The van der Waals surface area contributed by atoms with E-state index in [4.69, 9.17) is 4.74 Å². The highest BCUT2D eigenvalue weighted by molar-refractivity contribution is 7.09. The summed E-state index contributed by atoms with van der Waals surface area (Å²) in [5, 5.41) is 5.42. The van der Waals surface area contributed by atoms with Gasteiger partial charge < -0.3 is 15.0 Å². The van der Waals surface area contributed by atoms with E-state index in [1.807, 2.05) is 36.4 Å². The predicted octanol–water partition coefficient (Wildman–Crippen LogP) is 5.84. The molecular formula is C32H31N3O3S. The van der Waals surface area contributed by atoms with E-state index < -0.39 is 0 Å². The van der Waals surface area contributed by atoms with Crippen LogP contribution in [-0.2, 0) is 24.4 Å². The van der Waals surface area contributed by atoms with Crippen molar-refractivity contribution in [3.8, 4) is 5.75 Å². The summed E-state index contributed by atoms with van der Waals surface area (Å²) >= 11 is 1.41. The van der Waals surface area contributed by atoms with Gasteiger partial charge in [0, 0.05) is 24.4 Å². The zero-order valence-corrected chi connectivity index (χ0v) is 22.7. The van der Waals surface area contributed by atoms with Crippen molar-refractivity contribution < 1.29 is 14.3 Å². The lowest BCUT2D eigenvalue weighted by molar-refractivity contribution is -0.134. The van der Waals surface area contributed by atoms with Crippen molar-refractivity contribution in [2.75, 3.05) is 6.54 Å². The number of ether oxygens (including phenoxy) is 1. The molecule has 7 heteroatoms. The fourth-order valence-corrected chi connectivity index (χ4v) is 5.77. The number of hydrogen-bond donors (Lipinski definition) is 1. The van der Waals surface area contributed by atoms with Gasteiger partial charge in [-0.05, 0) is 60.6 Å². The molecule has 0 unspecified atom stereocenters. The van der Waals surface area contributed by atoms with Gasteiger partial charge in [-0.15, -0.1) is 11.3 Å². The molecule has 1 atom stereocenters. The van der Waals surface area contributed by atoms with Crippen LogP contribution in [-0.4, -0.2) is 28.2 Å². The predicted molar refractivity (Wildman–Crippen MR) is 152 cm³/mol. The van der Waals surface area contributed by atoms with Crippen molar-refractivity contribution >= 4 is 23.2 Å². The third-order valence-corrected chi connectivity index (χ3v) is 8.21. The number of aryl methyl sites for hydroxylation is 1. The number of nitrogens with one attached hydrogen (secondary N) is 1. The van der Waals surface area contributed by atoms with Gasteiger partial charge in [0.25, 0.3) is 5.91 Å². The molecule has 2 aliphatic rings. The van der Waals surface area contributed by atoms with Gasteiger partial charge in [0.1, 0.15) is 23.1 Å². The van der Waals surface area contributed by atoms with Crippen LogP contribution in [0.1, 0.15) is 62.2 Å². The molecule has 1 fully saturated rings. The van der Waals surface area contributed by atoms with Crippen LogP contribution in [0.15, 0.2) is 78.2 Å². The molecule has 6 rings (SSSR count). The monoisotopic (exact) mass is 537 g/mol. The van der Waals surface area contributed by atoms with Gasteiger partial charge >= 0.3 is 0 Å². The molecule has 0 radical (unpaired) electrons. The normalized spacial score (nSPS) is 16.4. The van der Waals surface area contributed by atoms with Crippen molar-refractivity contribution in [1.29, 1.82) is 0 Å². The number of amides is 2. The zero-order valence-electron chi connectivity index (χ0n) is 21.9. The Morgan fingerprint density at radius 2 is 1.85 bits per heavy atom. The van der Waals surface area contributed by atoms with E-state index in [9.17, 15) is 9.59 Å². The maximum Gasteiger partial charge on any atom is 0.271 e. The minimum atomic E-state index is -0.198. The maximum absolute atomic E-state index is 13.3. The number of aromatic nitrogens is 1. The Hall–Kier alpha value is -3.97. The van der Waals surface area contributed by atoms with Crippen LogP contribution in [0.25, 0.3) is 0 Å². The number of rotatable bonds is 8. The van der Waals surface area contributed by atoms with Gasteiger partial charge in [-0.25, -0.2) is 4.98 Å². The highest BCUT2D eigenvalue weighted by Crippen LogP contribution is 2.41. The summed E-state index contributed by atoms with van der Waals surface area (Å²) in [5.74, 6) is 0.967. The van der Waals surface area contributed by atoms with Crippen LogP contribution in [0.4, 0.5) is 0 Å². The average Bonchev–Trinajstić information content (AvgIpc) is 3.72. The third-order valence-electron chi connectivity index (χ3n) is 7.39. The van der Waals surface area contributed by atoms with E-state index >= 15 is 0 Å². The molecule has 1 aliphatic carbocycles. The number of hydrogen-bond acceptors (Lipinski definition) is 5. The quantitative estimate of drug-likeness (QED) is 0.306. The average molecular weight is 538 g/mol. The summed E-state index contributed by atoms with van der Waals surface area (Å²) in [5.41, 5.74) is 6.13. The summed E-state index contributed by atoms with van der Waals surface area (Å²) in [4.78, 5) is 32.4. The molecule has 3 aromatic carbocycles. The first-order valence-electron chi connectivity index (χ1n) is 13.4. The van der Waals surface area contributed by atoms with Crippen LogP contribution >= 0.6 is 11.3 Å². The van der Waals surface area contributed by atoms with E-state index in [0.29, 0.717) is 12.2 Å². The van der Waals surface area contributed by atoms with Crippen molar-refractivity contribution in [1.82, 2.24) is 15.2 Å². The molecule has 1 aliphatic heterocycles. The standard InChI is InChI=1S/C32H31N3O3S/c1-21-7-9-24(10-8-21)30-27-17-26(14-13-23(27)15-16-35(30)32(37)25-11-12-25)38-19-29-34-28(20-39-29)31(36)33-18-22-5-3-2-4-6-22/h2-10,13-14,17,20,25,30H,11-12,15-16,18-19H2,1H3,(H,33,36)/t30-/m1/s1. The Balaban J connectivity index is 1.17. The van der Waals surface area contributed by atoms with Crippen LogP contribution in [0, 0.1) is 12.8 Å².